The fraction of sp³-hybridized carbons (Fsp3) is 0.0952. The standard InChI is InChI=1S/C21H16FNOS/c1-14-6-2-5-9-19(14)25-21(15-10-12-16(22)13-11-15)18-8-4-3-7-17(18)20(24)23-21/h2-13H,1H3,(H,23,24)/t21-/m1/s1. The van der Waals surface area contributed by atoms with Crippen molar-refractivity contribution in [3.63, 3.8) is 0 Å². The van der Waals surface area contributed by atoms with Crippen LogP contribution in [0.3, 0.4) is 0 Å². The molecule has 0 fully saturated rings. The van der Waals surface area contributed by atoms with E-state index in [9.17, 15) is 9.18 Å². The first-order valence-corrected chi connectivity index (χ1v) is 8.84. The van der Waals surface area contributed by atoms with Gasteiger partial charge in [0.05, 0.1) is 0 Å². The van der Waals surface area contributed by atoms with Crippen LogP contribution >= 0.6 is 11.8 Å². The molecule has 1 aliphatic rings. The van der Waals surface area contributed by atoms with Crippen molar-refractivity contribution in [3.05, 3.63) is 101 Å². The second-order valence-electron chi connectivity index (χ2n) is 6.06. The average molecular weight is 349 g/mol. The molecule has 3 aromatic carbocycles. The number of amides is 1. The second-order valence-corrected chi connectivity index (χ2v) is 7.31. The lowest BCUT2D eigenvalue weighted by Gasteiger charge is -2.31. The Morgan fingerprint density at radius 1 is 0.920 bits per heavy atom. The molecule has 0 unspecified atom stereocenters. The summed E-state index contributed by atoms with van der Waals surface area (Å²) in [7, 11) is 0. The Balaban J connectivity index is 1.93. The van der Waals surface area contributed by atoms with Gasteiger partial charge in [0.1, 0.15) is 10.7 Å². The Kier molecular flexibility index (Phi) is 3.85. The zero-order valence-electron chi connectivity index (χ0n) is 13.6. The molecule has 4 rings (SSSR count). The predicted molar refractivity (Wildman–Crippen MR) is 98.1 cm³/mol. The first-order valence-electron chi connectivity index (χ1n) is 8.03. The average Bonchev–Trinajstić information content (AvgIpc) is 2.91. The predicted octanol–water partition coefficient (Wildman–Crippen LogP) is 4.87. The molecule has 0 aromatic heterocycles. The number of nitrogens with one attached hydrogen (secondary N) is 1. The minimum atomic E-state index is -0.770. The van der Waals surface area contributed by atoms with E-state index in [0.717, 1.165) is 21.6 Å². The minimum Gasteiger partial charge on any atom is -0.329 e. The summed E-state index contributed by atoms with van der Waals surface area (Å²) >= 11 is 1.58. The van der Waals surface area contributed by atoms with Gasteiger partial charge in [0, 0.05) is 16.0 Å². The Morgan fingerprint density at radius 3 is 2.36 bits per heavy atom. The number of halogens is 1. The van der Waals surface area contributed by atoms with Crippen LogP contribution in [0.25, 0.3) is 0 Å². The summed E-state index contributed by atoms with van der Waals surface area (Å²) in [5.41, 5.74) is 3.54. The lowest BCUT2D eigenvalue weighted by Crippen LogP contribution is -2.37. The first-order chi connectivity index (χ1) is 12.1. The largest absolute Gasteiger partial charge is 0.329 e. The van der Waals surface area contributed by atoms with Gasteiger partial charge in [-0.3, -0.25) is 4.79 Å². The quantitative estimate of drug-likeness (QED) is 0.731. The number of hydrogen-bond acceptors (Lipinski definition) is 2. The van der Waals surface area contributed by atoms with Crippen molar-refractivity contribution >= 4 is 17.7 Å². The highest BCUT2D eigenvalue weighted by Crippen LogP contribution is 2.49. The Bertz CT molecular complexity index is 954. The number of benzene rings is 3. The highest BCUT2D eigenvalue weighted by Gasteiger charge is 2.45. The molecule has 1 heterocycles. The van der Waals surface area contributed by atoms with Gasteiger partial charge >= 0.3 is 0 Å². The SMILES string of the molecule is Cc1ccccc1S[C@@]1(c2ccc(F)cc2)NC(=O)c2ccccc21. The molecule has 124 valence electrons. The van der Waals surface area contributed by atoms with E-state index in [2.05, 4.69) is 5.32 Å². The number of carbonyl (C=O) groups excluding carboxylic acids is 1. The number of aryl methyl sites for hydroxylation is 1. The molecule has 0 spiro atoms. The third kappa shape index (κ3) is 2.63. The van der Waals surface area contributed by atoms with E-state index in [1.54, 1.807) is 23.9 Å². The van der Waals surface area contributed by atoms with Gasteiger partial charge in [-0.25, -0.2) is 4.39 Å². The molecule has 4 heteroatoms. The topological polar surface area (TPSA) is 29.1 Å². The van der Waals surface area contributed by atoms with Crippen molar-refractivity contribution < 1.29 is 9.18 Å². The van der Waals surface area contributed by atoms with Gasteiger partial charge in [-0.1, -0.05) is 60.3 Å². The maximum absolute atomic E-state index is 13.5. The zero-order chi connectivity index (χ0) is 17.4. The summed E-state index contributed by atoms with van der Waals surface area (Å²) in [6, 6.07) is 22.0. The number of fused-ring (bicyclic) bond motifs is 1. The number of hydrogen-bond donors (Lipinski definition) is 1. The molecule has 1 amide bonds. The number of carbonyl (C=O) groups is 1. The van der Waals surface area contributed by atoms with Crippen LogP contribution in [-0.4, -0.2) is 5.91 Å². The Morgan fingerprint density at radius 2 is 1.60 bits per heavy atom. The summed E-state index contributed by atoms with van der Waals surface area (Å²) in [6.45, 7) is 2.05. The van der Waals surface area contributed by atoms with Crippen LogP contribution < -0.4 is 5.32 Å². The molecule has 0 radical (unpaired) electrons. The van der Waals surface area contributed by atoms with E-state index in [0.29, 0.717) is 5.56 Å². The molecular weight excluding hydrogens is 333 g/mol. The van der Waals surface area contributed by atoms with E-state index in [4.69, 9.17) is 0 Å². The smallest absolute Gasteiger partial charge is 0.253 e. The van der Waals surface area contributed by atoms with Crippen LogP contribution in [0.2, 0.25) is 0 Å². The summed E-state index contributed by atoms with van der Waals surface area (Å²) in [4.78, 5) is 12.9. The van der Waals surface area contributed by atoms with Gasteiger partial charge < -0.3 is 5.32 Å². The zero-order valence-corrected chi connectivity index (χ0v) is 14.4. The third-order valence-electron chi connectivity index (χ3n) is 4.45. The lowest BCUT2D eigenvalue weighted by molar-refractivity contribution is 0.0956. The van der Waals surface area contributed by atoms with Crippen molar-refractivity contribution in [2.45, 2.75) is 16.7 Å². The van der Waals surface area contributed by atoms with Crippen LogP contribution in [0.4, 0.5) is 4.39 Å². The molecule has 0 saturated heterocycles. The van der Waals surface area contributed by atoms with E-state index < -0.39 is 4.87 Å². The molecule has 3 aromatic rings. The first kappa shape index (κ1) is 15.9. The molecule has 1 aliphatic heterocycles. The van der Waals surface area contributed by atoms with Gasteiger partial charge in [0.2, 0.25) is 0 Å². The summed E-state index contributed by atoms with van der Waals surface area (Å²) in [5, 5.41) is 3.15. The van der Waals surface area contributed by atoms with Crippen molar-refractivity contribution in [2.24, 2.45) is 0 Å². The van der Waals surface area contributed by atoms with Crippen LogP contribution in [0.1, 0.15) is 27.0 Å². The van der Waals surface area contributed by atoms with Gasteiger partial charge in [-0.2, -0.15) is 0 Å². The lowest BCUT2D eigenvalue weighted by atomic mass is 9.97. The third-order valence-corrected chi connectivity index (χ3v) is 5.99. The molecule has 1 N–H and O–H groups in total. The summed E-state index contributed by atoms with van der Waals surface area (Å²) < 4.78 is 13.5. The van der Waals surface area contributed by atoms with E-state index in [-0.39, 0.29) is 11.7 Å². The Labute approximate surface area is 150 Å². The van der Waals surface area contributed by atoms with Crippen molar-refractivity contribution in [2.75, 3.05) is 0 Å². The summed E-state index contributed by atoms with van der Waals surface area (Å²) in [5.74, 6) is -0.404. The highest BCUT2D eigenvalue weighted by molar-refractivity contribution is 8.00. The maximum Gasteiger partial charge on any atom is 0.253 e. The van der Waals surface area contributed by atoms with Gasteiger partial charge in [0.25, 0.3) is 5.91 Å². The highest BCUT2D eigenvalue weighted by atomic mass is 32.2. The monoisotopic (exact) mass is 349 g/mol. The van der Waals surface area contributed by atoms with E-state index in [1.165, 1.54) is 12.1 Å². The normalized spacial score (nSPS) is 18.7. The molecule has 0 aliphatic carbocycles. The molecule has 0 saturated carbocycles. The fourth-order valence-electron chi connectivity index (χ4n) is 3.17. The van der Waals surface area contributed by atoms with E-state index >= 15 is 0 Å². The second kappa shape index (κ2) is 6.05. The van der Waals surface area contributed by atoms with Crippen LogP contribution in [-0.2, 0) is 4.87 Å². The minimum absolute atomic E-state index is 0.110. The molecule has 2 nitrogen and oxygen atoms in total. The number of rotatable bonds is 3. The van der Waals surface area contributed by atoms with Crippen molar-refractivity contribution in [1.82, 2.24) is 5.32 Å². The van der Waals surface area contributed by atoms with Gasteiger partial charge in [0.15, 0.2) is 0 Å². The summed E-state index contributed by atoms with van der Waals surface area (Å²) in [6.07, 6.45) is 0. The van der Waals surface area contributed by atoms with Crippen LogP contribution in [0.15, 0.2) is 77.7 Å². The Hall–Kier alpha value is -2.59. The number of thioether (sulfide) groups is 1. The molecule has 25 heavy (non-hydrogen) atoms. The van der Waals surface area contributed by atoms with Crippen LogP contribution in [0, 0.1) is 12.7 Å². The van der Waals surface area contributed by atoms with Gasteiger partial charge in [-0.05, 0) is 42.3 Å². The van der Waals surface area contributed by atoms with E-state index in [1.807, 2.05) is 55.5 Å². The van der Waals surface area contributed by atoms with Crippen LogP contribution in [0.5, 0.6) is 0 Å². The molecule has 0 bridgehead atoms. The van der Waals surface area contributed by atoms with Crippen molar-refractivity contribution in [1.29, 1.82) is 0 Å². The van der Waals surface area contributed by atoms with Gasteiger partial charge in [-0.15, -0.1) is 0 Å². The maximum atomic E-state index is 13.5. The molecular formula is C21H16FNOS. The van der Waals surface area contributed by atoms with Crippen molar-refractivity contribution in [3.8, 4) is 0 Å². The fourth-order valence-corrected chi connectivity index (χ4v) is 4.56. The molecule has 1 atom stereocenters.